The lowest BCUT2D eigenvalue weighted by atomic mass is 10.1. The van der Waals surface area contributed by atoms with E-state index < -0.39 is 17.4 Å². The molecule has 0 bridgehead atoms. The van der Waals surface area contributed by atoms with Crippen molar-refractivity contribution in [2.24, 2.45) is 4.99 Å². The lowest BCUT2D eigenvalue weighted by molar-refractivity contribution is -0.137. The third-order valence-electron chi connectivity index (χ3n) is 2.73. The summed E-state index contributed by atoms with van der Waals surface area (Å²) in [5, 5.41) is 0. The fourth-order valence-electron chi connectivity index (χ4n) is 1.73. The number of nitrogens with zero attached hydrogens (tertiary/aromatic N) is 1. The molecule has 0 aliphatic rings. The van der Waals surface area contributed by atoms with Crippen LogP contribution in [0.5, 0.6) is 11.5 Å². The smallest absolute Gasteiger partial charge is 0.418 e. The van der Waals surface area contributed by atoms with E-state index in [4.69, 9.17) is 4.74 Å². The Bertz CT molecular complexity index is 708. The van der Waals surface area contributed by atoms with Crippen LogP contribution in [0.4, 0.5) is 18.9 Å². The van der Waals surface area contributed by atoms with Crippen molar-refractivity contribution in [3.8, 4) is 11.5 Å². The van der Waals surface area contributed by atoms with Gasteiger partial charge in [-0.3, -0.25) is 0 Å². The zero-order valence-electron chi connectivity index (χ0n) is 11.3. The SMILES string of the molecule is CSc1ccc(Oc2ccc(N=C=O)c(C(F)(F)F)c2)cc1. The quantitative estimate of drug-likeness (QED) is 0.441. The predicted molar refractivity (Wildman–Crippen MR) is 77.5 cm³/mol. The van der Waals surface area contributed by atoms with Crippen LogP contribution in [0.2, 0.25) is 0 Å². The van der Waals surface area contributed by atoms with Gasteiger partial charge in [0.25, 0.3) is 0 Å². The number of thioether (sulfide) groups is 1. The summed E-state index contributed by atoms with van der Waals surface area (Å²) in [5.41, 5.74) is -1.54. The number of alkyl halides is 3. The average Bonchev–Trinajstić information content (AvgIpc) is 2.49. The molecule has 0 aliphatic heterocycles. The van der Waals surface area contributed by atoms with E-state index in [2.05, 4.69) is 4.99 Å². The van der Waals surface area contributed by atoms with Gasteiger partial charge in [-0.1, -0.05) is 0 Å². The summed E-state index contributed by atoms with van der Waals surface area (Å²) in [4.78, 5) is 14.3. The minimum absolute atomic E-state index is 0.00840. The maximum Gasteiger partial charge on any atom is 0.418 e. The molecule has 0 heterocycles. The molecule has 0 aliphatic carbocycles. The van der Waals surface area contributed by atoms with Crippen LogP contribution in [0.1, 0.15) is 5.56 Å². The molecule has 0 atom stereocenters. The standard InChI is InChI=1S/C15H10F3NO2S/c1-22-12-5-2-10(3-6-12)21-11-4-7-14(19-9-20)13(8-11)15(16,17)18/h2-8H,1H3. The Morgan fingerprint density at radius 1 is 1.09 bits per heavy atom. The van der Waals surface area contributed by atoms with E-state index >= 15 is 0 Å². The second kappa shape index (κ2) is 6.68. The lowest BCUT2D eigenvalue weighted by Crippen LogP contribution is -2.05. The van der Waals surface area contributed by atoms with Gasteiger partial charge in [-0.25, -0.2) is 4.79 Å². The maximum atomic E-state index is 12.9. The van der Waals surface area contributed by atoms with Crippen molar-refractivity contribution in [2.75, 3.05) is 6.26 Å². The van der Waals surface area contributed by atoms with E-state index in [0.29, 0.717) is 5.75 Å². The molecule has 0 saturated carbocycles. The Morgan fingerprint density at radius 2 is 1.73 bits per heavy atom. The Hall–Kier alpha value is -2.24. The van der Waals surface area contributed by atoms with E-state index in [0.717, 1.165) is 23.1 Å². The van der Waals surface area contributed by atoms with Crippen LogP contribution < -0.4 is 4.74 Å². The number of ether oxygens (including phenoxy) is 1. The van der Waals surface area contributed by atoms with Crippen LogP contribution in [0.25, 0.3) is 0 Å². The van der Waals surface area contributed by atoms with E-state index in [9.17, 15) is 18.0 Å². The summed E-state index contributed by atoms with van der Waals surface area (Å²) in [6, 6.07) is 10.1. The highest BCUT2D eigenvalue weighted by Gasteiger charge is 2.34. The molecule has 7 heteroatoms. The number of aliphatic imine (C=N–C) groups is 1. The van der Waals surface area contributed by atoms with Crippen molar-refractivity contribution in [1.29, 1.82) is 0 Å². The highest BCUT2D eigenvalue weighted by Crippen LogP contribution is 2.39. The van der Waals surface area contributed by atoms with Crippen molar-refractivity contribution in [1.82, 2.24) is 0 Å². The Labute approximate surface area is 128 Å². The molecule has 2 aromatic rings. The second-order valence-corrected chi connectivity index (χ2v) is 5.04. The summed E-state index contributed by atoms with van der Waals surface area (Å²) in [7, 11) is 0. The summed E-state index contributed by atoms with van der Waals surface area (Å²) in [5.74, 6) is 0.423. The summed E-state index contributed by atoms with van der Waals surface area (Å²) in [6.07, 6.45) is -1.62. The van der Waals surface area contributed by atoms with Gasteiger partial charge in [0.1, 0.15) is 11.5 Å². The Balaban J connectivity index is 2.33. The molecule has 0 amide bonds. The average molecular weight is 325 g/mol. The van der Waals surface area contributed by atoms with E-state index in [1.165, 1.54) is 6.07 Å². The van der Waals surface area contributed by atoms with Crippen molar-refractivity contribution in [2.45, 2.75) is 11.1 Å². The van der Waals surface area contributed by atoms with Crippen molar-refractivity contribution >= 4 is 23.5 Å². The first kappa shape index (κ1) is 16.1. The minimum atomic E-state index is -4.64. The summed E-state index contributed by atoms with van der Waals surface area (Å²) < 4.78 is 44.2. The number of hydrogen-bond donors (Lipinski definition) is 0. The van der Waals surface area contributed by atoms with Gasteiger partial charge in [-0.2, -0.15) is 18.2 Å². The van der Waals surface area contributed by atoms with E-state index in [1.807, 2.05) is 6.26 Å². The van der Waals surface area contributed by atoms with Crippen molar-refractivity contribution < 1.29 is 22.7 Å². The highest BCUT2D eigenvalue weighted by atomic mass is 32.2. The predicted octanol–water partition coefficient (Wildman–Crippen LogP) is 5.19. The molecule has 0 spiro atoms. The van der Waals surface area contributed by atoms with Crippen LogP contribution in [0.15, 0.2) is 52.4 Å². The van der Waals surface area contributed by atoms with Gasteiger partial charge in [0.15, 0.2) is 0 Å². The third kappa shape index (κ3) is 3.90. The number of carbonyl (C=O) groups excluding carboxylic acids is 1. The molecular formula is C15H10F3NO2S. The van der Waals surface area contributed by atoms with Crippen LogP contribution in [0.3, 0.4) is 0 Å². The number of hydrogen-bond acceptors (Lipinski definition) is 4. The molecule has 3 nitrogen and oxygen atoms in total. The van der Waals surface area contributed by atoms with Gasteiger partial charge in [0.05, 0.1) is 11.3 Å². The number of isocyanates is 1. The Kier molecular flexibility index (Phi) is 4.90. The second-order valence-electron chi connectivity index (χ2n) is 4.16. The third-order valence-corrected chi connectivity index (χ3v) is 3.48. The fraction of sp³-hybridized carbons (Fsp3) is 0.133. The molecule has 2 rings (SSSR count). The lowest BCUT2D eigenvalue weighted by Gasteiger charge is -2.12. The van der Waals surface area contributed by atoms with Gasteiger partial charge in [-0.05, 0) is 48.7 Å². The number of rotatable bonds is 4. The highest BCUT2D eigenvalue weighted by molar-refractivity contribution is 7.98. The van der Waals surface area contributed by atoms with Gasteiger partial charge in [0, 0.05) is 4.90 Å². The topological polar surface area (TPSA) is 38.7 Å². The van der Waals surface area contributed by atoms with E-state index in [-0.39, 0.29) is 5.75 Å². The zero-order valence-corrected chi connectivity index (χ0v) is 12.2. The van der Waals surface area contributed by atoms with Crippen LogP contribution in [0, 0.1) is 0 Å². The Morgan fingerprint density at radius 3 is 2.27 bits per heavy atom. The molecule has 22 heavy (non-hydrogen) atoms. The molecule has 0 N–H and O–H groups in total. The van der Waals surface area contributed by atoms with Gasteiger partial charge in [0.2, 0.25) is 6.08 Å². The molecule has 0 fully saturated rings. The van der Waals surface area contributed by atoms with Crippen LogP contribution in [-0.2, 0) is 11.0 Å². The molecular weight excluding hydrogens is 315 g/mol. The molecule has 0 aromatic heterocycles. The number of benzene rings is 2. The van der Waals surface area contributed by atoms with Crippen LogP contribution in [-0.4, -0.2) is 12.3 Å². The first-order valence-corrected chi connectivity index (χ1v) is 7.27. The van der Waals surface area contributed by atoms with E-state index in [1.54, 1.807) is 36.0 Å². The van der Waals surface area contributed by atoms with Crippen molar-refractivity contribution in [3.63, 3.8) is 0 Å². The van der Waals surface area contributed by atoms with Crippen LogP contribution >= 0.6 is 11.8 Å². The minimum Gasteiger partial charge on any atom is -0.457 e. The molecule has 114 valence electrons. The summed E-state index contributed by atoms with van der Waals surface area (Å²) >= 11 is 1.54. The van der Waals surface area contributed by atoms with Gasteiger partial charge >= 0.3 is 6.18 Å². The largest absolute Gasteiger partial charge is 0.457 e. The molecule has 2 aromatic carbocycles. The first-order valence-electron chi connectivity index (χ1n) is 6.05. The first-order chi connectivity index (χ1) is 10.4. The monoisotopic (exact) mass is 325 g/mol. The van der Waals surface area contributed by atoms with Gasteiger partial charge in [-0.15, -0.1) is 11.8 Å². The summed E-state index contributed by atoms with van der Waals surface area (Å²) in [6.45, 7) is 0. The van der Waals surface area contributed by atoms with Crippen molar-refractivity contribution in [3.05, 3.63) is 48.0 Å². The van der Waals surface area contributed by atoms with Gasteiger partial charge < -0.3 is 4.74 Å². The molecule has 0 saturated heterocycles. The zero-order chi connectivity index (χ0) is 16.2. The molecule has 0 unspecified atom stereocenters. The fourth-order valence-corrected chi connectivity index (χ4v) is 2.14. The number of halogens is 3. The normalized spacial score (nSPS) is 10.9. The maximum absolute atomic E-state index is 12.9. The molecule has 0 radical (unpaired) electrons.